The highest BCUT2D eigenvalue weighted by Gasteiger charge is 2.13. The lowest BCUT2D eigenvalue weighted by Crippen LogP contribution is -2.22. The first-order valence-corrected chi connectivity index (χ1v) is 6.45. The number of imidazole rings is 1. The zero-order chi connectivity index (χ0) is 13.9. The maximum absolute atomic E-state index is 13.3. The summed E-state index contributed by atoms with van der Waals surface area (Å²) in [5, 5.41) is 3.19. The van der Waals surface area contributed by atoms with Crippen molar-refractivity contribution in [1.29, 1.82) is 0 Å². The fourth-order valence-electron chi connectivity index (χ4n) is 2.33. The Morgan fingerprint density at radius 2 is 2.15 bits per heavy atom. The van der Waals surface area contributed by atoms with Crippen LogP contribution in [0.15, 0.2) is 49.1 Å². The van der Waals surface area contributed by atoms with Gasteiger partial charge in [0, 0.05) is 12.7 Å². The van der Waals surface area contributed by atoms with Crippen molar-refractivity contribution < 1.29 is 4.39 Å². The van der Waals surface area contributed by atoms with Crippen LogP contribution in [0, 0.1) is 5.82 Å². The maximum atomic E-state index is 13.3. The van der Waals surface area contributed by atoms with Crippen molar-refractivity contribution in [2.45, 2.75) is 12.6 Å². The molecule has 20 heavy (non-hydrogen) atoms. The van der Waals surface area contributed by atoms with Crippen molar-refractivity contribution in [2.24, 2.45) is 0 Å². The van der Waals surface area contributed by atoms with Crippen LogP contribution < -0.4 is 5.32 Å². The van der Waals surface area contributed by atoms with Crippen LogP contribution in [-0.2, 0) is 6.54 Å². The number of halogens is 1. The average molecular weight is 270 g/mol. The Bertz CT molecular complexity index is 722. The van der Waals surface area contributed by atoms with E-state index in [0.717, 1.165) is 16.6 Å². The van der Waals surface area contributed by atoms with Crippen LogP contribution >= 0.6 is 0 Å². The second-order valence-electron chi connectivity index (χ2n) is 4.66. The highest BCUT2D eigenvalue weighted by molar-refractivity contribution is 5.74. The van der Waals surface area contributed by atoms with Gasteiger partial charge < -0.3 is 9.88 Å². The Balaban J connectivity index is 1.92. The molecule has 1 aromatic carbocycles. The summed E-state index contributed by atoms with van der Waals surface area (Å²) in [6, 6.07) is 9.44. The largest absolute Gasteiger partial charge is 0.329 e. The van der Waals surface area contributed by atoms with Crippen molar-refractivity contribution >= 4 is 11.0 Å². The molecule has 1 atom stereocenters. The highest BCUT2D eigenvalue weighted by Crippen LogP contribution is 2.18. The minimum atomic E-state index is -0.321. The molecule has 1 unspecified atom stereocenters. The summed E-state index contributed by atoms with van der Waals surface area (Å²) in [5.74, 6) is -0.321. The number of benzene rings is 1. The van der Waals surface area contributed by atoms with Crippen molar-refractivity contribution in [2.75, 3.05) is 7.05 Å². The van der Waals surface area contributed by atoms with Crippen LogP contribution in [0.25, 0.3) is 11.0 Å². The fraction of sp³-hybridized carbons (Fsp3) is 0.200. The molecule has 5 heteroatoms. The minimum absolute atomic E-state index is 0.0178. The number of hydrogen-bond acceptors (Lipinski definition) is 3. The number of nitrogens with zero attached hydrogens (tertiary/aromatic N) is 3. The van der Waals surface area contributed by atoms with Crippen molar-refractivity contribution in [3.05, 3.63) is 60.4 Å². The summed E-state index contributed by atoms with van der Waals surface area (Å²) in [7, 11) is 1.86. The van der Waals surface area contributed by atoms with Crippen LogP contribution in [0.4, 0.5) is 4.39 Å². The van der Waals surface area contributed by atoms with Crippen LogP contribution in [0.2, 0.25) is 0 Å². The Morgan fingerprint density at radius 1 is 1.30 bits per heavy atom. The van der Waals surface area contributed by atoms with Crippen LogP contribution in [0.1, 0.15) is 11.6 Å². The molecule has 2 aromatic heterocycles. The van der Waals surface area contributed by atoms with Gasteiger partial charge in [0.2, 0.25) is 0 Å². The van der Waals surface area contributed by atoms with Gasteiger partial charge in [-0.05, 0) is 30.8 Å². The molecule has 0 aliphatic carbocycles. The number of likely N-dealkylation sites (N-methyl/N-ethyl adjacent to an activating group) is 1. The van der Waals surface area contributed by atoms with E-state index in [9.17, 15) is 4.39 Å². The van der Waals surface area contributed by atoms with Gasteiger partial charge in [-0.15, -0.1) is 0 Å². The Hall–Kier alpha value is -2.27. The Kier molecular flexibility index (Phi) is 3.43. The van der Waals surface area contributed by atoms with Gasteiger partial charge in [-0.25, -0.2) is 9.37 Å². The van der Waals surface area contributed by atoms with E-state index in [1.165, 1.54) is 12.3 Å². The number of rotatable bonds is 4. The quantitative estimate of drug-likeness (QED) is 0.792. The SMILES string of the molecule is CNC(Cn1cnc2ccccc21)c1cncc(F)c1. The molecule has 0 saturated carbocycles. The van der Waals surface area contributed by atoms with Crippen molar-refractivity contribution in [3.63, 3.8) is 0 Å². The van der Waals surface area contributed by atoms with Gasteiger partial charge in [-0.2, -0.15) is 0 Å². The van der Waals surface area contributed by atoms with Gasteiger partial charge in [0.05, 0.1) is 29.6 Å². The van der Waals surface area contributed by atoms with Crippen LogP contribution in [-0.4, -0.2) is 21.6 Å². The van der Waals surface area contributed by atoms with E-state index in [2.05, 4.69) is 19.9 Å². The second kappa shape index (κ2) is 5.38. The zero-order valence-corrected chi connectivity index (χ0v) is 11.1. The molecule has 3 aromatic rings. The molecule has 0 amide bonds. The number of aromatic nitrogens is 3. The molecule has 0 fully saturated rings. The molecule has 1 N–H and O–H groups in total. The van der Waals surface area contributed by atoms with Gasteiger partial charge in [0.25, 0.3) is 0 Å². The normalized spacial score (nSPS) is 12.7. The number of para-hydroxylation sites is 2. The van der Waals surface area contributed by atoms with Gasteiger partial charge in [0.15, 0.2) is 0 Å². The van der Waals surface area contributed by atoms with E-state index in [1.807, 2.05) is 37.6 Å². The third-order valence-corrected chi connectivity index (χ3v) is 3.38. The van der Waals surface area contributed by atoms with E-state index in [0.29, 0.717) is 6.54 Å². The van der Waals surface area contributed by atoms with Crippen molar-refractivity contribution in [3.8, 4) is 0 Å². The lowest BCUT2D eigenvalue weighted by atomic mass is 10.1. The summed E-state index contributed by atoms with van der Waals surface area (Å²) in [4.78, 5) is 8.27. The number of nitrogens with one attached hydrogen (secondary N) is 1. The Labute approximate surface area is 116 Å². The first-order valence-electron chi connectivity index (χ1n) is 6.45. The molecule has 2 heterocycles. The second-order valence-corrected chi connectivity index (χ2v) is 4.66. The summed E-state index contributed by atoms with van der Waals surface area (Å²) in [6.45, 7) is 0.669. The van der Waals surface area contributed by atoms with Gasteiger partial charge in [0.1, 0.15) is 5.82 Å². The third kappa shape index (κ3) is 2.40. The van der Waals surface area contributed by atoms with E-state index in [4.69, 9.17) is 0 Å². The smallest absolute Gasteiger partial charge is 0.141 e. The molecule has 0 radical (unpaired) electrons. The number of pyridine rings is 1. The number of hydrogen-bond donors (Lipinski definition) is 1. The van der Waals surface area contributed by atoms with E-state index < -0.39 is 0 Å². The lowest BCUT2D eigenvalue weighted by molar-refractivity contribution is 0.502. The summed E-state index contributed by atoms with van der Waals surface area (Å²) in [5.41, 5.74) is 2.85. The molecular formula is C15H15FN4. The summed E-state index contributed by atoms with van der Waals surface area (Å²) in [6.07, 6.45) is 4.70. The molecule has 0 aliphatic rings. The maximum Gasteiger partial charge on any atom is 0.141 e. The van der Waals surface area contributed by atoms with E-state index in [1.54, 1.807) is 6.20 Å². The summed E-state index contributed by atoms with van der Waals surface area (Å²) < 4.78 is 15.3. The molecule has 102 valence electrons. The lowest BCUT2D eigenvalue weighted by Gasteiger charge is -2.17. The average Bonchev–Trinajstić information content (AvgIpc) is 2.88. The standard InChI is InChI=1S/C15H15FN4/c1-17-14(11-6-12(16)8-18-7-11)9-20-10-19-13-4-2-3-5-15(13)20/h2-8,10,14,17H,9H2,1H3. The van der Waals surface area contributed by atoms with E-state index >= 15 is 0 Å². The first kappa shape index (κ1) is 12.7. The first-order chi connectivity index (χ1) is 9.78. The van der Waals surface area contributed by atoms with Crippen LogP contribution in [0.3, 0.4) is 0 Å². The molecule has 0 bridgehead atoms. The monoisotopic (exact) mass is 270 g/mol. The van der Waals surface area contributed by atoms with Gasteiger partial charge >= 0.3 is 0 Å². The molecule has 3 rings (SSSR count). The molecule has 4 nitrogen and oxygen atoms in total. The predicted molar refractivity (Wildman–Crippen MR) is 75.7 cm³/mol. The minimum Gasteiger partial charge on any atom is -0.329 e. The topological polar surface area (TPSA) is 42.7 Å². The molecule has 0 saturated heterocycles. The number of fused-ring (bicyclic) bond motifs is 1. The molecule has 0 aliphatic heterocycles. The fourth-order valence-corrected chi connectivity index (χ4v) is 2.33. The van der Waals surface area contributed by atoms with Crippen LogP contribution in [0.5, 0.6) is 0 Å². The third-order valence-electron chi connectivity index (χ3n) is 3.38. The van der Waals surface area contributed by atoms with Crippen molar-refractivity contribution in [1.82, 2.24) is 19.9 Å². The summed E-state index contributed by atoms with van der Waals surface area (Å²) >= 11 is 0. The van der Waals surface area contributed by atoms with Gasteiger partial charge in [-0.1, -0.05) is 12.1 Å². The highest BCUT2D eigenvalue weighted by atomic mass is 19.1. The van der Waals surface area contributed by atoms with Gasteiger partial charge in [-0.3, -0.25) is 4.98 Å². The zero-order valence-electron chi connectivity index (χ0n) is 11.1. The predicted octanol–water partition coefficient (Wildman–Crippen LogP) is 2.53. The molecule has 0 spiro atoms. The molecular weight excluding hydrogens is 255 g/mol. The van der Waals surface area contributed by atoms with E-state index in [-0.39, 0.29) is 11.9 Å². The Morgan fingerprint density at radius 3 is 2.95 bits per heavy atom.